The predicted octanol–water partition coefficient (Wildman–Crippen LogP) is 6.21. The maximum atomic E-state index is 13.7. The summed E-state index contributed by atoms with van der Waals surface area (Å²) in [6, 6.07) is 16.7. The van der Waals surface area contributed by atoms with Crippen molar-refractivity contribution in [1.29, 1.82) is 0 Å². The van der Waals surface area contributed by atoms with Crippen molar-refractivity contribution in [1.82, 2.24) is 9.80 Å². The Morgan fingerprint density at radius 1 is 1.03 bits per heavy atom. The van der Waals surface area contributed by atoms with Crippen LogP contribution in [-0.2, 0) is 22.6 Å². The van der Waals surface area contributed by atoms with Gasteiger partial charge in [0, 0.05) is 30.1 Å². The molecule has 2 aromatic carbocycles. The highest BCUT2D eigenvalue weighted by atomic mass is 35.5. The molecule has 0 saturated carbocycles. The molecule has 2 heterocycles. The molecule has 0 aliphatic carbocycles. The van der Waals surface area contributed by atoms with Gasteiger partial charge < -0.3 is 14.5 Å². The summed E-state index contributed by atoms with van der Waals surface area (Å²) in [5.74, 6) is -0.382. The maximum absolute atomic E-state index is 13.7. The van der Waals surface area contributed by atoms with Crippen LogP contribution in [0.2, 0.25) is 10.0 Å². The Morgan fingerprint density at radius 2 is 1.83 bits per heavy atom. The lowest BCUT2D eigenvalue weighted by Crippen LogP contribution is -2.45. The standard InChI is InChI=1S/C27H28Cl2N2O3S/c1-19-11-13-35-25(19)17-30(15-20-6-3-2-4-7-20)26(32)18-31(16-22-8-5-12-34-22)27(33)21-9-10-23(28)24(29)14-21/h2-4,6-7,9-11,13-14,22H,5,8,12,15-18H2,1H3. The molecule has 35 heavy (non-hydrogen) atoms. The van der Waals surface area contributed by atoms with Crippen LogP contribution in [0, 0.1) is 6.92 Å². The zero-order valence-corrected chi connectivity index (χ0v) is 21.9. The normalized spacial score (nSPS) is 15.2. The van der Waals surface area contributed by atoms with Crippen molar-refractivity contribution >= 4 is 46.4 Å². The molecule has 1 atom stereocenters. The number of hydrogen-bond donors (Lipinski definition) is 0. The van der Waals surface area contributed by atoms with Crippen LogP contribution in [0.25, 0.3) is 0 Å². The van der Waals surface area contributed by atoms with Crippen molar-refractivity contribution < 1.29 is 14.3 Å². The van der Waals surface area contributed by atoms with Crippen molar-refractivity contribution in [2.45, 2.75) is 39.0 Å². The summed E-state index contributed by atoms with van der Waals surface area (Å²) in [6.45, 7) is 3.98. The molecular formula is C27H28Cl2N2O3S. The first kappa shape index (κ1) is 25.7. The molecule has 1 saturated heterocycles. The third-order valence-electron chi connectivity index (χ3n) is 6.10. The van der Waals surface area contributed by atoms with E-state index in [1.54, 1.807) is 34.4 Å². The molecule has 0 N–H and O–H groups in total. The summed E-state index contributed by atoms with van der Waals surface area (Å²) in [4.78, 5) is 31.7. The molecule has 0 spiro atoms. The minimum atomic E-state index is -0.264. The van der Waals surface area contributed by atoms with Gasteiger partial charge in [-0.2, -0.15) is 0 Å². The van der Waals surface area contributed by atoms with Crippen molar-refractivity contribution in [3.05, 3.63) is 91.6 Å². The molecule has 8 heteroatoms. The highest BCUT2D eigenvalue weighted by molar-refractivity contribution is 7.10. The molecule has 1 aliphatic rings. The van der Waals surface area contributed by atoms with E-state index in [0.29, 0.717) is 41.8 Å². The fourth-order valence-electron chi connectivity index (χ4n) is 4.10. The molecule has 1 unspecified atom stereocenters. The number of amides is 2. The zero-order chi connectivity index (χ0) is 24.8. The Kier molecular flexibility index (Phi) is 8.84. The van der Waals surface area contributed by atoms with Crippen LogP contribution in [-0.4, -0.2) is 47.4 Å². The van der Waals surface area contributed by atoms with Gasteiger partial charge in [-0.15, -0.1) is 11.3 Å². The van der Waals surface area contributed by atoms with E-state index in [0.717, 1.165) is 28.8 Å². The van der Waals surface area contributed by atoms with E-state index in [1.807, 2.05) is 40.6 Å². The summed E-state index contributed by atoms with van der Waals surface area (Å²) < 4.78 is 5.79. The molecule has 1 fully saturated rings. The van der Waals surface area contributed by atoms with Gasteiger partial charge in [-0.3, -0.25) is 9.59 Å². The topological polar surface area (TPSA) is 49.9 Å². The van der Waals surface area contributed by atoms with Crippen molar-refractivity contribution in [3.8, 4) is 0 Å². The van der Waals surface area contributed by atoms with Crippen LogP contribution in [0.4, 0.5) is 0 Å². The first-order chi connectivity index (χ1) is 16.9. The third-order valence-corrected chi connectivity index (χ3v) is 7.85. The van der Waals surface area contributed by atoms with Gasteiger partial charge in [0.05, 0.1) is 22.7 Å². The fraction of sp³-hybridized carbons (Fsp3) is 0.333. The van der Waals surface area contributed by atoms with Crippen LogP contribution < -0.4 is 0 Å². The quantitative estimate of drug-likeness (QED) is 0.330. The predicted molar refractivity (Wildman–Crippen MR) is 141 cm³/mol. The number of benzene rings is 2. The largest absolute Gasteiger partial charge is 0.376 e. The Bertz CT molecular complexity index is 1160. The minimum Gasteiger partial charge on any atom is -0.376 e. The van der Waals surface area contributed by atoms with E-state index in [-0.39, 0.29) is 24.5 Å². The van der Waals surface area contributed by atoms with Crippen LogP contribution in [0.3, 0.4) is 0 Å². The van der Waals surface area contributed by atoms with Gasteiger partial charge in [-0.05, 0) is 60.5 Å². The number of thiophene rings is 1. The van der Waals surface area contributed by atoms with Gasteiger partial charge in [0.2, 0.25) is 5.91 Å². The number of nitrogens with zero attached hydrogens (tertiary/aromatic N) is 2. The van der Waals surface area contributed by atoms with Gasteiger partial charge in [0.1, 0.15) is 6.54 Å². The summed E-state index contributed by atoms with van der Waals surface area (Å²) >= 11 is 13.9. The molecule has 0 radical (unpaired) electrons. The number of ether oxygens (including phenoxy) is 1. The number of aryl methyl sites for hydroxylation is 1. The number of hydrogen-bond acceptors (Lipinski definition) is 4. The molecule has 0 bridgehead atoms. The average Bonchev–Trinajstić information content (AvgIpc) is 3.52. The Balaban J connectivity index is 1.57. The summed E-state index contributed by atoms with van der Waals surface area (Å²) in [5, 5.41) is 2.72. The van der Waals surface area contributed by atoms with Gasteiger partial charge >= 0.3 is 0 Å². The van der Waals surface area contributed by atoms with E-state index in [9.17, 15) is 9.59 Å². The lowest BCUT2D eigenvalue weighted by atomic mass is 10.1. The van der Waals surface area contributed by atoms with Gasteiger partial charge in [0.15, 0.2) is 0 Å². The first-order valence-electron chi connectivity index (χ1n) is 11.6. The maximum Gasteiger partial charge on any atom is 0.254 e. The lowest BCUT2D eigenvalue weighted by molar-refractivity contribution is -0.133. The van der Waals surface area contributed by atoms with Crippen LogP contribution in [0.15, 0.2) is 60.0 Å². The van der Waals surface area contributed by atoms with Crippen LogP contribution in [0.5, 0.6) is 0 Å². The third kappa shape index (κ3) is 6.85. The van der Waals surface area contributed by atoms with E-state index in [4.69, 9.17) is 27.9 Å². The number of halogens is 2. The second-order valence-electron chi connectivity index (χ2n) is 8.71. The smallest absolute Gasteiger partial charge is 0.254 e. The van der Waals surface area contributed by atoms with E-state index in [2.05, 4.69) is 13.0 Å². The van der Waals surface area contributed by atoms with Crippen LogP contribution in [0.1, 0.15) is 39.2 Å². The zero-order valence-electron chi connectivity index (χ0n) is 19.6. The summed E-state index contributed by atoms with van der Waals surface area (Å²) in [6.07, 6.45) is 1.73. The van der Waals surface area contributed by atoms with Crippen LogP contribution >= 0.6 is 34.5 Å². The second-order valence-corrected chi connectivity index (χ2v) is 10.5. The number of carbonyl (C=O) groups excluding carboxylic acids is 2. The molecule has 1 aliphatic heterocycles. The van der Waals surface area contributed by atoms with E-state index < -0.39 is 0 Å². The molecule has 4 rings (SSSR count). The summed E-state index contributed by atoms with van der Waals surface area (Å²) in [7, 11) is 0. The van der Waals surface area contributed by atoms with Gasteiger partial charge in [-0.1, -0.05) is 53.5 Å². The van der Waals surface area contributed by atoms with E-state index >= 15 is 0 Å². The molecule has 5 nitrogen and oxygen atoms in total. The Labute approximate surface area is 220 Å². The van der Waals surface area contributed by atoms with Crippen molar-refractivity contribution in [3.63, 3.8) is 0 Å². The number of carbonyl (C=O) groups is 2. The summed E-state index contributed by atoms with van der Waals surface area (Å²) in [5.41, 5.74) is 2.59. The van der Waals surface area contributed by atoms with E-state index in [1.165, 1.54) is 0 Å². The van der Waals surface area contributed by atoms with Crippen molar-refractivity contribution in [2.24, 2.45) is 0 Å². The van der Waals surface area contributed by atoms with Gasteiger partial charge in [0.25, 0.3) is 5.91 Å². The lowest BCUT2D eigenvalue weighted by Gasteiger charge is -2.29. The Morgan fingerprint density at radius 3 is 2.49 bits per heavy atom. The first-order valence-corrected chi connectivity index (χ1v) is 13.2. The van der Waals surface area contributed by atoms with Crippen molar-refractivity contribution in [2.75, 3.05) is 19.7 Å². The highest BCUT2D eigenvalue weighted by Gasteiger charge is 2.28. The van der Waals surface area contributed by atoms with Gasteiger partial charge in [-0.25, -0.2) is 0 Å². The fourth-order valence-corrected chi connectivity index (χ4v) is 5.32. The average molecular weight is 532 g/mol. The minimum absolute atomic E-state index is 0.0454. The Hall–Kier alpha value is -2.38. The molecule has 1 aromatic heterocycles. The molecule has 2 amide bonds. The molecular weight excluding hydrogens is 503 g/mol. The number of rotatable bonds is 9. The molecule has 184 valence electrons. The second kappa shape index (κ2) is 12.0. The highest BCUT2D eigenvalue weighted by Crippen LogP contribution is 2.25. The monoisotopic (exact) mass is 530 g/mol. The SMILES string of the molecule is Cc1ccsc1CN(Cc1ccccc1)C(=O)CN(CC1CCCO1)C(=O)c1ccc(Cl)c(Cl)c1. The molecule has 3 aromatic rings.